The quantitative estimate of drug-likeness (QED) is 0.0305. The van der Waals surface area contributed by atoms with Gasteiger partial charge < -0.3 is 40.0 Å². The minimum Gasteiger partial charge on any atom is -0.426 e. The molecule has 0 saturated carbocycles. The van der Waals surface area contributed by atoms with Crippen molar-refractivity contribution in [1.82, 2.24) is 21.3 Å². The average Bonchev–Trinajstić information content (AvgIpc) is 4.05. The molecule has 4 unspecified atom stereocenters. The maximum atomic E-state index is 14.5. The van der Waals surface area contributed by atoms with Crippen molar-refractivity contribution in [3.63, 3.8) is 0 Å². The molecule has 0 aromatic heterocycles. The Morgan fingerprint density at radius 1 is 0.701 bits per heavy atom. The first-order valence-corrected chi connectivity index (χ1v) is 23.6. The van der Waals surface area contributed by atoms with Gasteiger partial charge in [-0.1, -0.05) is 102 Å². The number of hydrogen-bond donors (Lipinski definition) is 4. The van der Waals surface area contributed by atoms with Gasteiger partial charge >= 0.3 is 5.97 Å². The molecule has 0 spiro atoms. The lowest BCUT2D eigenvalue weighted by molar-refractivity contribution is -0.940. The number of nitrogens with zero attached hydrogens (tertiary/aromatic N) is 1. The Morgan fingerprint density at radius 3 is 1.84 bits per heavy atom. The molecular weight excluding hydrogens is 855 g/mol. The van der Waals surface area contributed by atoms with Crippen LogP contribution >= 0.6 is 0 Å². The van der Waals surface area contributed by atoms with Crippen molar-refractivity contribution < 1.29 is 52.3 Å². The molecule has 15 nitrogen and oxygen atoms in total. The normalized spacial score (nSPS) is 18.2. The zero-order valence-electron chi connectivity index (χ0n) is 40.1. The van der Waals surface area contributed by atoms with Crippen LogP contribution in [0.25, 0.3) is 0 Å². The van der Waals surface area contributed by atoms with Crippen molar-refractivity contribution in [3.05, 3.63) is 101 Å². The number of carbonyl (C=O) groups excluding carboxylic acids is 7. The van der Waals surface area contributed by atoms with Crippen molar-refractivity contribution in [3.8, 4) is 5.75 Å². The number of amides is 4. The highest BCUT2D eigenvalue weighted by atomic mass is 16.6. The molecule has 0 aliphatic carbocycles. The summed E-state index contributed by atoms with van der Waals surface area (Å²) in [5.41, 5.74) is 1.76. The third-order valence-electron chi connectivity index (χ3n) is 12.2. The molecule has 4 amide bonds. The molecule has 362 valence electrons. The molecular formula is C52H70N5O10+. The Morgan fingerprint density at radius 2 is 1.25 bits per heavy atom. The lowest BCUT2D eigenvalue weighted by atomic mass is 9.93. The number of ketones is 1. The van der Waals surface area contributed by atoms with Gasteiger partial charge in [-0.05, 0) is 73.8 Å². The van der Waals surface area contributed by atoms with Crippen LogP contribution in [-0.2, 0) is 57.6 Å². The number of morpholine rings is 1. The predicted octanol–water partition coefficient (Wildman–Crippen LogP) is 4.67. The van der Waals surface area contributed by atoms with Crippen molar-refractivity contribution in [2.75, 3.05) is 39.5 Å². The number of carbonyl (C=O) groups is 7. The Kier molecular flexibility index (Phi) is 18.9. The Hall–Kier alpha value is -5.77. The standard InChI is InChI=1S/C52H69N5O10/c1-34(2)26-42(47(60)52(7)33-66-52)54-50(63)44(29-38-16-12-9-13-17-38)56-49(62)43(27-35(3)4)55-48(61)41(20-18-37-14-10-8-11-15-37)53-46(59)31-57(22-24-65-25-23-57)30-39-19-21-45(40(28-39)32-58)67-51(64)36(5)6/h8-17,19,21,28,32,34-36,41-44H,18,20,22-27,29-31,33H2,1-7H3,(H3-,53,54,55,56,59,61,62,63)/p+1/t41?,42?,43?,44?,52-/m1/s1. The lowest BCUT2D eigenvalue weighted by Crippen LogP contribution is -2.61. The summed E-state index contributed by atoms with van der Waals surface area (Å²) < 4.78 is 16.9. The number of aldehydes is 1. The number of ether oxygens (including phenoxy) is 3. The topological polar surface area (TPSA) is 199 Å². The fourth-order valence-corrected chi connectivity index (χ4v) is 8.27. The second-order valence-electron chi connectivity index (χ2n) is 19.4. The number of Topliss-reactive ketones (excluding diaryl/α,β-unsaturated/α-hetero) is 1. The van der Waals surface area contributed by atoms with Gasteiger partial charge in [-0.15, -0.1) is 0 Å². The van der Waals surface area contributed by atoms with Crippen molar-refractivity contribution >= 4 is 41.7 Å². The van der Waals surface area contributed by atoms with Gasteiger partial charge in [0.1, 0.15) is 49.1 Å². The first-order valence-electron chi connectivity index (χ1n) is 23.6. The van der Waals surface area contributed by atoms with Gasteiger partial charge in [0.15, 0.2) is 18.6 Å². The van der Waals surface area contributed by atoms with E-state index in [4.69, 9.17) is 14.2 Å². The third-order valence-corrected chi connectivity index (χ3v) is 12.2. The third kappa shape index (κ3) is 15.9. The highest BCUT2D eigenvalue weighted by Crippen LogP contribution is 2.30. The second-order valence-corrected chi connectivity index (χ2v) is 19.4. The van der Waals surface area contributed by atoms with Gasteiger partial charge in [-0.2, -0.15) is 0 Å². The van der Waals surface area contributed by atoms with E-state index in [0.717, 1.165) is 16.7 Å². The number of rotatable bonds is 25. The largest absolute Gasteiger partial charge is 0.426 e. The van der Waals surface area contributed by atoms with Crippen molar-refractivity contribution in [2.45, 2.75) is 117 Å². The zero-order chi connectivity index (χ0) is 48.7. The van der Waals surface area contributed by atoms with Crippen LogP contribution in [0.3, 0.4) is 0 Å². The van der Waals surface area contributed by atoms with Crippen LogP contribution in [0.5, 0.6) is 5.75 Å². The molecule has 4 N–H and O–H groups in total. The molecule has 5 atom stereocenters. The molecule has 67 heavy (non-hydrogen) atoms. The maximum absolute atomic E-state index is 14.5. The van der Waals surface area contributed by atoms with E-state index < -0.39 is 53.5 Å². The summed E-state index contributed by atoms with van der Waals surface area (Å²) in [5, 5.41) is 11.8. The van der Waals surface area contributed by atoms with E-state index in [1.165, 1.54) is 0 Å². The van der Waals surface area contributed by atoms with E-state index >= 15 is 0 Å². The monoisotopic (exact) mass is 925 g/mol. The number of nitrogens with one attached hydrogen (secondary N) is 4. The van der Waals surface area contributed by atoms with Crippen molar-refractivity contribution in [1.29, 1.82) is 0 Å². The highest BCUT2D eigenvalue weighted by molar-refractivity contribution is 5.99. The van der Waals surface area contributed by atoms with Gasteiger partial charge in [0.05, 0.1) is 37.3 Å². The van der Waals surface area contributed by atoms with E-state index in [2.05, 4.69) is 21.3 Å². The Labute approximate surface area is 395 Å². The van der Waals surface area contributed by atoms with Crippen LogP contribution in [0, 0.1) is 17.8 Å². The molecule has 2 heterocycles. The van der Waals surface area contributed by atoms with Crippen LogP contribution in [0.1, 0.15) is 94.8 Å². The fourth-order valence-electron chi connectivity index (χ4n) is 8.27. The highest BCUT2D eigenvalue weighted by Gasteiger charge is 2.50. The van der Waals surface area contributed by atoms with E-state index in [0.29, 0.717) is 52.0 Å². The number of hydrogen-bond acceptors (Lipinski definition) is 10. The second kappa shape index (κ2) is 24.3. The van der Waals surface area contributed by atoms with Gasteiger partial charge in [0, 0.05) is 12.0 Å². The molecule has 2 fully saturated rings. The summed E-state index contributed by atoms with van der Waals surface area (Å²) in [4.78, 5) is 95.2. The van der Waals surface area contributed by atoms with E-state index in [9.17, 15) is 33.6 Å². The molecule has 2 saturated heterocycles. The zero-order valence-corrected chi connectivity index (χ0v) is 40.1. The summed E-state index contributed by atoms with van der Waals surface area (Å²) in [6, 6.07) is 19.8. The number of benzene rings is 3. The summed E-state index contributed by atoms with van der Waals surface area (Å²) >= 11 is 0. The van der Waals surface area contributed by atoms with Crippen LogP contribution < -0.4 is 26.0 Å². The van der Waals surface area contributed by atoms with Gasteiger partial charge in [-0.3, -0.25) is 33.6 Å². The number of quaternary nitrogens is 1. The summed E-state index contributed by atoms with van der Waals surface area (Å²) in [6.45, 7) is 15.3. The van der Waals surface area contributed by atoms with Crippen LogP contribution in [-0.4, -0.2) is 115 Å². The number of esters is 1. The summed E-state index contributed by atoms with van der Waals surface area (Å²) in [7, 11) is 0. The number of epoxide rings is 1. The molecule has 3 aromatic rings. The molecule has 2 aliphatic rings. The molecule has 5 rings (SSSR count). The van der Waals surface area contributed by atoms with Crippen LogP contribution in [0.2, 0.25) is 0 Å². The first-order chi connectivity index (χ1) is 31.9. The summed E-state index contributed by atoms with van der Waals surface area (Å²) in [5.74, 6) is -2.91. The predicted molar refractivity (Wildman–Crippen MR) is 253 cm³/mol. The Balaban J connectivity index is 1.36. The van der Waals surface area contributed by atoms with Gasteiger partial charge in [0.25, 0.3) is 5.91 Å². The fraction of sp³-hybridized carbons (Fsp3) is 0.519. The van der Waals surface area contributed by atoms with E-state index in [1.54, 1.807) is 39.0 Å². The van der Waals surface area contributed by atoms with Gasteiger partial charge in [-0.25, -0.2) is 0 Å². The summed E-state index contributed by atoms with van der Waals surface area (Å²) in [6.07, 6.45) is 2.07. The molecule has 0 radical (unpaired) electrons. The SMILES string of the molecule is CC(C)CC(NC(=O)C(CCc1ccccc1)NC(=O)C[N+]1(Cc2ccc(OC(=O)C(C)C)c(C=O)c2)CCOCC1)C(=O)NC(Cc1ccccc1)C(=O)NC(CC(C)C)C(=O)[C@@]1(C)CO1. The lowest BCUT2D eigenvalue weighted by Gasteiger charge is -2.41. The smallest absolute Gasteiger partial charge is 0.313 e. The maximum Gasteiger partial charge on any atom is 0.313 e. The van der Waals surface area contributed by atoms with Crippen LogP contribution in [0.15, 0.2) is 78.9 Å². The number of aryl methyl sites for hydroxylation is 1. The molecule has 3 aromatic carbocycles. The first kappa shape index (κ1) is 52.2. The Bertz CT molecular complexity index is 2170. The minimum absolute atomic E-state index is 0.00322. The van der Waals surface area contributed by atoms with Gasteiger partial charge in [0.2, 0.25) is 17.7 Å². The average molecular weight is 925 g/mol. The van der Waals surface area contributed by atoms with Crippen LogP contribution in [0.4, 0.5) is 0 Å². The van der Waals surface area contributed by atoms with E-state index in [-0.39, 0.29) is 77.7 Å². The minimum atomic E-state index is -1.09. The van der Waals surface area contributed by atoms with Crippen molar-refractivity contribution in [2.24, 2.45) is 17.8 Å². The van der Waals surface area contributed by atoms with E-state index in [1.807, 2.05) is 88.4 Å². The molecule has 15 heteroatoms. The molecule has 0 bridgehead atoms. The molecule has 2 aliphatic heterocycles.